The molecule has 0 aromatic heterocycles. The monoisotopic (exact) mass is 254 g/mol. The Morgan fingerprint density at radius 3 is 2.95 bits per heavy atom. The molecule has 1 atom stereocenters. The van der Waals surface area contributed by atoms with Crippen LogP contribution in [0.4, 0.5) is 0 Å². The molecule has 0 fully saturated rings. The molecule has 1 heterocycles. The Balaban J connectivity index is 1.98. The van der Waals surface area contributed by atoms with E-state index in [1.165, 1.54) is 22.4 Å². The summed E-state index contributed by atoms with van der Waals surface area (Å²) in [5.41, 5.74) is 1.17. The van der Waals surface area contributed by atoms with Crippen LogP contribution in [-0.4, -0.2) is 17.7 Å². The van der Waals surface area contributed by atoms with Crippen LogP contribution in [0.15, 0.2) is 48.6 Å². The Morgan fingerprint density at radius 2 is 2.11 bits per heavy atom. The predicted octanol–water partition coefficient (Wildman–Crippen LogP) is 3.03. The lowest BCUT2D eigenvalue weighted by atomic mass is 9.92. The maximum atomic E-state index is 10.6. The molecule has 19 heavy (non-hydrogen) atoms. The third kappa shape index (κ3) is 2.32. The number of ether oxygens (including phenoxy) is 1. The first kappa shape index (κ1) is 11.8. The highest BCUT2D eigenvalue weighted by molar-refractivity contribution is 5.88. The van der Waals surface area contributed by atoms with E-state index in [-0.39, 0.29) is 5.92 Å². The van der Waals surface area contributed by atoms with Crippen LogP contribution in [0.5, 0.6) is 5.75 Å². The SMILES string of the molecule is O=C(O)C=CC1COc2ccc3ccccc3c2C1. The van der Waals surface area contributed by atoms with Crippen LogP contribution in [0.1, 0.15) is 5.56 Å². The molecule has 0 spiro atoms. The van der Waals surface area contributed by atoms with E-state index < -0.39 is 5.97 Å². The first-order chi connectivity index (χ1) is 9.24. The van der Waals surface area contributed by atoms with Crippen LogP contribution in [0.2, 0.25) is 0 Å². The lowest BCUT2D eigenvalue weighted by Gasteiger charge is -2.24. The van der Waals surface area contributed by atoms with E-state index in [0.717, 1.165) is 12.2 Å². The van der Waals surface area contributed by atoms with Gasteiger partial charge < -0.3 is 9.84 Å². The highest BCUT2D eigenvalue weighted by Gasteiger charge is 2.19. The molecule has 1 N–H and O–H groups in total. The number of carboxylic acid groups (broad SMARTS) is 1. The fraction of sp³-hybridized carbons (Fsp3) is 0.188. The molecule has 1 aliphatic heterocycles. The zero-order valence-electron chi connectivity index (χ0n) is 10.4. The molecule has 0 amide bonds. The van der Waals surface area contributed by atoms with Crippen LogP contribution < -0.4 is 4.74 Å². The molecule has 3 rings (SSSR count). The van der Waals surface area contributed by atoms with Gasteiger partial charge in [0.05, 0.1) is 6.61 Å². The minimum atomic E-state index is -0.913. The Kier molecular flexibility index (Phi) is 2.95. The van der Waals surface area contributed by atoms with E-state index in [1.807, 2.05) is 18.2 Å². The van der Waals surface area contributed by atoms with Crippen molar-refractivity contribution in [3.05, 3.63) is 54.1 Å². The number of carboxylic acids is 1. The summed E-state index contributed by atoms with van der Waals surface area (Å²) in [6.07, 6.45) is 3.73. The molecule has 0 aliphatic carbocycles. The van der Waals surface area contributed by atoms with Crippen molar-refractivity contribution in [1.29, 1.82) is 0 Å². The normalized spacial score (nSPS) is 18.2. The first-order valence-corrected chi connectivity index (χ1v) is 6.28. The summed E-state index contributed by atoms with van der Waals surface area (Å²) in [5.74, 6) is 0.122. The lowest BCUT2D eigenvalue weighted by Crippen LogP contribution is -2.19. The predicted molar refractivity (Wildman–Crippen MR) is 73.4 cm³/mol. The summed E-state index contributed by atoms with van der Waals surface area (Å²) in [6.45, 7) is 0.537. The molecule has 0 radical (unpaired) electrons. The minimum Gasteiger partial charge on any atom is -0.493 e. The molecule has 1 aliphatic rings. The molecular weight excluding hydrogens is 240 g/mol. The van der Waals surface area contributed by atoms with Gasteiger partial charge in [-0.05, 0) is 23.3 Å². The molecule has 2 aromatic carbocycles. The van der Waals surface area contributed by atoms with E-state index in [2.05, 4.69) is 18.2 Å². The summed E-state index contributed by atoms with van der Waals surface area (Å²) < 4.78 is 5.73. The quantitative estimate of drug-likeness (QED) is 0.838. The largest absolute Gasteiger partial charge is 0.493 e. The number of carbonyl (C=O) groups is 1. The molecule has 2 aromatic rings. The van der Waals surface area contributed by atoms with Gasteiger partial charge in [-0.2, -0.15) is 0 Å². The summed E-state index contributed by atoms with van der Waals surface area (Å²) in [4.78, 5) is 10.6. The molecule has 1 unspecified atom stereocenters. The molecule has 3 heteroatoms. The summed E-state index contributed by atoms with van der Waals surface area (Å²) in [6, 6.07) is 12.2. The van der Waals surface area contributed by atoms with E-state index in [9.17, 15) is 4.79 Å². The Bertz CT molecular complexity index is 658. The molecule has 3 nitrogen and oxygen atoms in total. The zero-order chi connectivity index (χ0) is 13.2. The van der Waals surface area contributed by atoms with Gasteiger partial charge in [0.2, 0.25) is 0 Å². The highest BCUT2D eigenvalue weighted by Crippen LogP contribution is 2.34. The third-order valence-corrected chi connectivity index (χ3v) is 3.43. The van der Waals surface area contributed by atoms with Crippen molar-refractivity contribution in [2.24, 2.45) is 5.92 Å². The van der Waals surface area contributed by atoms with E-state index in [1.54, 1.807) is 6.08 Å². The third-order valence-electron chi connectivity index (χ3n) is 3.43. The van der Waals surface area contributed by atoms with Gasteiger partial charge in [0.25, 0.3) is 0 Å². The zero-order valence-corrected chi connectivity index (χ0v) is 10.4. The Morgan fingerprint density at radius 1 is 1.26 bits per heavy atom. The standard InChI is InChI=1S/C16H14O3/c17-16(18)8-5-11-9-14-13-4-2-1-3-12(13)6-7-15(14)19-10-11/h1-8,11H,9-10H2,(H,17,18). The number of fused-ring (bicyclic) bond motifs is 3. The van der Waals surface area contributed by atoms with Gasteiger partial charge >= 0.3 is 5.97 Å². The van der Waals surface area contributed by atoms with Crippen molar-refractivity contribution in [3.63, 3.8) is 0 Å². The second kappa shape index (κ2) is 4.76. The van der Waals surface area contributed by atoms with Gasteiger partial charge in [-0.15, -0.1) is 0 Å². The number of hydrogen-bond donors (Lipinski definition) is 1. The van der Waals surface area contributed by atoms with Crippen molar-refractivity contribution in [3.8, 4) is 5.75 Å². The maximum absolute atomic E-state index is 10.6. The lowest BCUT2D eigenvalue weighted by molar-refractivity contribution is -0.131. The Labute approximate surface area is 111 Å². The smallest absolute Gasteiger partial charge is 0.327 e. The number of hydrogen-bond acceptors (Lipinski definition) is 2. The van der Waals surface area contributed by atoms with Crippen LogP contribution >= 0.6 is 0 Å². The topological polar surface area (TPSA) is 46.5 Å². The van der Waals surface area contributed by atoms with Gasteiger partial charge in [0.1, 0.15) is 5.75 Å². The molecular formula is C16H14O3. The van der Waals surface area contributed by atoms with Crippen molar-refractivity contribution in [2.45, 2.75) is 6.42 Å². The summed E-state index contributed by atoms with van der Waals surface area (Å²) >= 11 is 0. The molecule has 0 saturated carbocycles. The summed E-state index contributed by atoms with van der Waals surface area (Å²) in [5, 5.41) is 11.1. The van der Waals surface area contributed by atoms with Gasteiger partial charge in [-0.3, -0.25) is 0 Å². The second-order valence-corrected chi connectivity index (χ2v) is 4.74. The van der Waals surface area contributed by atoms with Crippen LogP contribution in [-0.2, 0) is 11.2 Å². The van der Waals surface area contributed by atoms with Crippen molar-refractivity contribution in [1.82, 2.24) is 0 Å². The van der Waals surface area contributed by atoms with E-state index >= 15 is 0 Å². The van der Waals surface area contributed by atoms with Gasteiger partial charge in [-0.1, -0.05) is 36.4 Å². The maximum Gasteiger partial charge on any atom is 0.327 e. The number of aliphatic carboxylic acids is 1. The van der Waals surface area contributed by atoms with Crippen molar-refractivity contribution >= 4 is 16.7 Å². The average molecular weight is 254 g/mol. The van der Waals surface area contributed by atoms with Gasteiger partial charge in [0.15, 0.2) is 0 Å². The second-order valence-electron chi connectivity index (χ2n) is 4.74. The van der Waals surface area contributed by atoms with Gasteiger partial charge in [0, 0.05) is 17.6 Å². The van der Waals surface area contributed by atoms with Crippen molar-refractivity contribution < 1.29 is 14.6 Å². The van der Waals surface area contributed by atoms with E-state index in [0.29, 0.717) is 6.61 Å². The first-order valence-electron chi connectivity index (χ1n) is 6.28. The summed E-state index contributed by atoms with van der Waals surface area (Å²) in [7, 11) is 0. The van der Waals surface area contributed by atoms with Gasteiger partial charge in [-0.25, -0.2) is 4.79 Å². The van der Waals surface area contributed by atoms with Crippen molar-refractivity contribution in [2.75, 3.05) is 6.61 Å². The average Bonchev–Trinajstić information content (AvgIpc) is 2.44. The minimum absolute atomic E-state index is 0.120. The molecule has 0 bridgehead atoms. The molecule has 0 saturated heterocycles. The van der Waals surface area contributed by atoms with E-state index in [4.69, 9.17) is 9.84 Å². The Hall–Kier alpha value is -2.29. The fourth-order valence-electron chi connectivity index (χ4n) is 2.52. The highest BCUT2D eigenvalue weighted by atomic mass is 16.5. The number of rotatable bonds is 2. The fourth-order valence-corrected chi connectivity index (χ4v) is 2.52. The van der Waals surface area contributed by atoms with Crippen LogP contribution in [0.25, 0.3) is 10.8 Å². The number of benzene rings is 2. The van der Waals surface area contributed by atoms with Crippen LogP contribution in [0.3, 0.4) is 0 Å². The van der Waals surface area contributed by atoms with Crippen LogP contribution in [0, 0.1) is 5.92 Å². The molecule has 96 valence electrons.